The molecule has 2 heterocycles. The number of thiazole rings is 1. The molecule has 0 saturated carbocycles. The average Bonchev–Trinajstić information content (AvgIpc) is 3.01. The van der Waals surface area contributed by atoms with Crippen molar-refractivity contribution in [2.75, 3.05) is 5.73 Å². The van der Waals surface area contributed by atoms with Gasteiger partial charge < -0.3 is 10.3 Å². The lowest BCUT2D eigenvalue weighted by molar-refractivity contribution is 0.432. The zero-order valence-corrected chi connectivity index (χ0v) is 10.4. The maximum Gasteiger partial charge on any atom is 0.258 e. The van der Waals surface area contributed by atoms with E-state index in [0.29, 0.717) is 17.4 Å². The molecular weight excluding hydrogens is 248 g/mol. The Labute approximate surface area is 107 Å². The van der Waals surface area contributed by atoms with Gasteiger partial charge in [0.2, 0.25) is 5.82 Å². The monoisotopic (exact) mass is 258 g/mol. The Morgan fingerprint density at radius 1 is 1.33 bits per heavy atom. The summed E-state index contributed by atoms with van der Waals surface area (Å²) < 4.78 is 5.26. The molecule has 3 rings (SSSR count). The minimum atomic E-state index is 0.461. The van der Waals surface area contributed by atoms with Crippen LogP contribution < -0.4 is 5.73 Å². The van der Waals surface area contributed by atoms with Gasteiger partial charge >= 0.3 is 0 Å². The van der Waals surface area contributed by atoms with Crippen molar-refractivity contribution in [2.45, 2.75) is 6.92 Å². The topological polar surface area (TPSA) is 77.8 Å². The van der Waals surface area contributed by atoms with Gasteiger partial charge in [-0.25, -0.2) is 4.98 Å². The zero-order chi connectivity index (χ0) is 12.5. The SMILES string of the molecule is Cc1c(N)cccc1-c1nc(-c2cscn2)no1. The fourth-order valence-corrected chi connectivity index (χ4v) is 2.18. The van der Waals surface area contributed by atoms with Crippen molar-refractivity contribution in [2.24, 2.45) is 0 Å². The smallest absolute Gasteiger partial charge is 0.258 e. The number of hydrogen-bond acceptors (Lipinski definition) is 6. The van der Waals surface area contributed by atoms with E-state index >= 15 is 0 Å². The number of nitrogens with two attached hydrogens (primary N) is 1. The normalized spacial score (nSPS) is 10.7. The molecule has 0 unspecified atom stereocenters. The van der Waals surface area contributed by atoms with Crippen molar-refractivity contribution in [3.8, 4) is 23.0 Å². The van der Waals surface area contributed by atoms with Gasteiger partial charge in [-0.05, 0) is 24.6 Å². The van der Waals surface area contributed by atoms with Crippen LogP contribution >= 0.6 is 11.3 Å². The molecule has 0 atom stereocenters. The molecule has 0 bridgehead atoms. The molecule has 0 fully saturated rings. The summed E-state index contributed by atoms with van der Waals surface area (Å²) >= 11 is 1.49. The van der Waals surface area contributed by atoms with Crippen molar-refractivity contribution in [1.29, 1.82) is 0 Å². The van der Waals surface area contributed by atoms with E-state index in [2.05, 4.69) is 15.1 Å². The van der Waals surface area contributed by atoms with E-state index in [1.54, 1.807) is 5.51 Å². The van der Waals surface area contributed by atoms with Crippen LogP contribution in [0.15, 0.2) is 33.6 Å². The summed E-state index contributed by atoms with van der Waals surface area (Å²) in [6.07, 6.45) is 0. The van der Waals surface area contributed by atoms with Crippen LogP contribution in [-0.2, 0) is 0 Å². The van der Waals surface area contributed by atoms with E-state index in [0.717, 1.165) is 16.8 Å². The number of nitrogens with zero attached hydrogens (tertiary/aromatic N) is 3. The predicted octanol–water partition coefficient (Wildman–Crippen LogP) is 2.75. The Hall–Kier alpha value is -2.21. The average molecular weight is 258 g/mol. The number of benzene rings is 1. The lowest BCUT2D eigenvalue weighted by Gasteiger charge is -2.02. The Bertz CT molecular complexity index is 675. The number of nitrogen functional groups attached to an aromatic ring is 1. The van der Waals surface area contributed by atoms with Gasteiger partial charge in [-0.15, -0.1) is 11.3 Å². The zero-order valence-electron chi connectivity index (χ0n) is 9.62. The fourth-order valence-electron chi connectivity index (χ4n) is 1.65. The van der Waals surface area contributed by atoms with Gasteiger partial charge in [0.05, 0.1) is 5.51 Å². The molecule has 2 N–H and O–H groups in total. The number of hydrogen-bond donors (Lipinski definition) is 1. The molecule has 0 spiro atoms. The summed E-state index contributed by atoms with van der Waals surface area (Å²) in [5.41, 5.74) is 10.8. The van der Waals surface area contributed by atoms with Gasteiger partial charge in [-0.3, -0.25) is 0 Å². The molecule has 0 radical (unpaired) electrons. The summed E-state index contributed by atoms with van der Waals surface area (Å²) in [5, 5.41) is 5.80. The molecule has 0 aliphatic carbocycles. The molecule has 0 aliphatic heterocycles. The van der Waals surface area contributed by atoms with Gasteiger partial charge in [0.15, 0.2) is 0 Å². The second kappa shape index (κ2) is 4.23. The van der Waals surface area contributed by atoms with Crippen LogP contribution in [0.1, 0.15) is 5.56 Å². The maximum atomic E-state index is 5.86. The first-order chi connectivity index (χ1) is 8.75. The first-order valence-electron chi connectivity index (χ1n) is 5.33. The van der Waals surface area contributed by atoms with Crippen molar-refractivity contribution in [3.05, 3.63) is 34.7 Å². The number of rotatable bonds is 2. The first-order valence-corrected chi connectivity index (χ1v) is 6.27. The molecule has 3 aromatic rings. The summed E-state index contributed by atoms with van der Waals surface area (Å²) in [5.74, 6) is 0.955. The van der Waals surface area contributed by atoms with Gasteiger partial charge in [0.25, 0.3) is 5.89 Å². The highest BCUT2D eigenvalue weighted by Crippen LogP contribution is 2.27. The van der Waals surface area contributed by atoms with Crippen molar-refractivity contribution in [1.82, 2.24) is 15.1 Å². The van der Waals surface area contributed by atoms with Crippen LogP contribution in [0.2, 0.25) is 0 Å². The van der Waals surface area contributed by atoms with Crippen LogP contribution in [0, 0.1) is 6.92 Å². The maximum absolute atomic E-state index is 5.86. The fraction of sp³-hybridized carbons (Fsp3) is 0.0833. The summed E-state index contributed by atoms with van der Waals surface area (Å²) in [6.45, 7) is 1.93. The molecule has 2 aromatic heterocycles. The van der Waals surface area contributed by atoms with E-state index in [1.807, 2.05) is 30.5 Å². The van der Waals surface area contributed by atoms with Crippen molar-refractivity contribution >= 4 is 17.0 Å². The molecule has 6 heteroatoms. The van der Waals surface area contributed by atoms with Crippen LogP contribution in [0.3, 0.4) is 0 Å². The first kappa shape index (κ1) is 10.9. The van der Waals surface area contributed by atoms with Crippen LogP contribution in [0.4, 0.5) is 5.69 Å². The standard InChI is InChI=1S/C12H10N4OS/c1-7-8(3-2-4-9(7)13)12-15-11(16-17-12)10-5-18-6-14-10/h2-6H,13H2,1H3. The van der Waals surface area contributed by atoms with E-state index in [-0.39, 0.29) is 0 Å². The number of aromatic nitrogens is 3. The minimum Gasteiger partial charge on any atom is -0.398 e. The molecular formula is C12H10N4OS. The Morgan fingerprint density at radius 3 is 3.00 bits per heavy atom. The number of anilines is 1. The quantitative estimate of drug-likeness (QED) is 0.715. The van der Waals surface area contributed by atoms with Crippen LogP contribution in [0.5, 0.6) is 0 Å². The van der Waals surface area contributed by atoms with Crippen LogP contribution in [0.25, 0.3) is 23.0 Å². The third-order valence-electron chi connectivity index (χ3n) is 2.69. The second-order valence-corrected chi connectivity index (χ2v) is 4.54. The van der Waals surface area contributed by atoms with Gasteiger partial charge in [-0.1, -0.05) is 11.2 Å². The van der Waals surface area contributed by atoms with E-state index in [4.69, 9.17) is 10.3 Å². The Balaban J connectivity index is 2.06. The second-order valence-electron chi connectivity index (χ2n) is 3.82. The van der Waals surface area contributed by atoms with Gasteiger partial charge in [-0.2, -0.15) is 4.98 Å². The molecule has 0 amide bonds. The summed E-state index contributed by atoms with van der Waals surface area (Å²) in [6, 6.07) is 5.62. The third-order valence-corrected chi connectivity index (χ3v) is 3.28. The van der Waals surface area contributed by atoms with Gasteiger partial charge in [0.1, 0.15) is 5.69 Å². The predicted molar refractivity (Wildman–Crippen MR) is 70.0 cm³/mol. The lowest BCUT2D eigenvalue weighted by Crippen LogP contribution is -1.92. The van der Waals surface area contributed by atoms with E-state index in [9.17, 15) is 0 Å². The highest BCUT2D eigenvalue weighted by Gasteiger charge is 2.14. The van der Waals surface area contributed by atoms with E-state index < -0.39 is 0 Å². The van der Waals surface area contributed by atoms with E-state index in [1.165, 1.54) is 11.3 Å². The van der Waals surface area contributed by atoms with Gasteiger partial charge in [0, 0.05) is 16.6 Å². The highest BCUT2D eigenvalue weighted by atomic mass is 32.1. The molecule has 1 aromatic carbocycles. The largest absolute Gasteiger partial charge is 0.398 e. The lowest BCUT2D eigenvalue weighted by atomic mass is 10.1. The Morgan fingerprint density at radius 2 is 2.22 bits per heavy atom. The molecule has 0 aliphatic rings. The molecule has 5 nitrogen and oxygen atoms in total. The third kappa shape index (κ3) is 1.76. The molecule has 18 heavy (non-hydrogen) atoms. The van der Waals surface area contributed by atoms with Crippen molar-refractivity contribution < 1.29 is 4.52 Å². The van der Waals surface area contributed by atoms with Crippen molar-refractivity contribution in [3.63, 3.8) is 0 Å². The Kier molecular flexibility index (Phi) is 2.56. The molecule has 0 saturated heterocycles. The van der Waals surface area contributed by atoms with Crippen LogP contribution in [-0.4, -0.2) is 15.1 Å². The summed E-state index contributed by atoms with van der Waals surface area (Å²) in [7, 11) is 0. The summed E-state index contributed by atoms with van der Waals surface area (Å²) in [4.78, 5) is 8.48. The molecule has 90 valence electrons. The highest BCUT2D eigenvalue weighted by molar-refractivity contribution is 7.07. The minimum absolute atomic E-state index is 0.461.